The molecule has 0 bridgehead atoms. The molecule has 0 unspecified atom stereocenters. The quantitative estimate of drug-likeness (QED) is 0.699. The second-order valence-corrected chi connectivity index (χ2v) is 5.96. The first-order valence-electron chi connectivity index (χ1n) is 7.67. The zero-order valence-corrected chi connectivity index (χ0v) is 13.4. The molecule has 0 saturated carbocycles. The van der Waals surface area contributed by atoms with Gasteiger partial charge >= 0.3 is 0 Å². The van der Waals surface area contributed by atoms with Crippen molar-refractivity contribution in [2.45, 2.75) is 19.8 Å². The lowest BCUT2D eigenvalue weighted by Crippen LogP contribution is -2.05. The number of phenolic OH excluding ortho intramolecular Hbond substituents is 2. The predicted octanol–water partition coefficient (Wildman–Crippen LogP) is 4.38. The summed E-state index contributed by atoms with van der Waals surface area (Å²) in [4.78, 5) is 12.7. The van der Waals surface area contributed by atoms with Gasteiger partial charge in [-0.1, -0.05) is 11.6 Å². The Balaban J connectivity index is 2.09. The summed E-state index contributed by atoms with van der Waals surface area (Å²) in [5.41, 5.74) is 3.07. The maximum absolute atomic E-state index is 12.7. The van der Waals surface area contributed by atoms with Crippen LogP contribution in [0.1, 0.15) is 18.9 Å². The number of benzene rings is 2. The van der Waals surface area contributed by atoms with Crippen LogP contribution in [0.3, 0.4) is 0 Å². The molecule has 3 rings (SSSR count). The molecule has 0 saturated heterocycles. The summed E-state index contributed by atoms with van der Waals surface area (Å²) < 4.78 is 5.49. The predicted molar refractivity (Wildman–Crippen MR) is 94.4 cm³/mol. The molecule has 0 atom stereocenters. The SMILES string of the molecule is C=C(C)CCc1cc(-c2coc3cc(O)ccc3c2=O)ccc1O. The summed E-state index contributed by atoms with van der Waals surface area (Å²) in [6.07, 6.45) is 2.81. The van der Waals surface area contributed by atoms with Gasteiger partial charge in [0.25, 0.3) is 0 Å². The highest BCUT2D eigenvalue weighted by Gasteiger charge is 2.12. The van der Waals surface area contributed by atoms with Gasteiger partial charge in [0.15, 0.2) is 5.43 Å². The van der Waals surface area contributed by atoms with Gasteiger partial charge in [-0.3, -0.25) is 4.79 Å². The van der Waals surface area contributed by atoms with Gasteiger partial charge < -0.3 is 14.6 Å². The second-order valence-electron chi connectivity index (χ2n) is 5.96. The maximum atomic E-state index is 12.7. The second kappa shape index (κ2) is 6.24. The monoisotopic (exact) mass is 322 g/mol. The molecular weight excluding hydrogens is 304 g/mol. The summed E-state index contributed by atoms with van der Waals surface area (Å²) in [6.45, 7) is 5.81. The average Bonchev–Trinajstić information content (AvgIpc) is 2.54. The van der Waals surface area contributed by atoms with Gasteiger partial charge in [-0.05, 0) is 55.2 Å². The lowest BCUT2D eigenvalue weighted by Gasteiger charge is -2.08. The van der Waals surface area contributed by atoms with Gasteiger partial charge in [-0.2, -0.15) is 0 Å². The zero-order valence-electron chi connectivity index (χ0n) is 13.4. The van der Waals surface area contributed by atoms with Crippen LogP contribution in [0, 0.1) is 0 Å². The van der Waals surface area contributed by atoms with E-state index in [0.29, 0.717) is 28.5 Å². The van der Waals surface area contributed by atoms with E-state index in [4.69, 9.17) is 4.42 Å². The third-order valence-corrected chi connectivity index (χ3v) is 3.97. The number of hydrogen-bond acceptors (Lipinski definition) is 4. The van der Waals surface area contributed by atoms with Crippen LogP contribution >= 0.6 is 0 Å². The highest BCUT2D eigenvalue weighted by molar-refractivity contribution is 5.82. The number of aromatic hydroxyl groups is 2. The number of aryl methyl sites for hydroxylation is 1. The molecule has 0 radical (unpaired) electrons. The molecule has 0 aliphatic heterocycles. The summed E-state index contributed by atoms with van der Waals surface area (Å²) in [6, 6.07) is 9.49. The third-order valence-electron chi connectivity index (χ3n) is 3.97. The Hall–Kier alpha value is -3.01. The highest BCUT2D eigenvalue weighted by Crippen LogP contribution is 2.27. The first-order chi connectivity index (χ1) is 11.5. The number of phenols is 2. The molecule has 122 valence electrons. The lowest BCUT2D eigenvalue weighted by atomic mass is 9.99. The first-order valence-corrected chi connectivity index (χ1v) is 7.67. The van der Waals surface area contributed by atoms with Crippen molar-refractivity contribution in [2.75, 3.05) is 0 Å². The molecule has 0 amide bonds. The molecular formula is C20H18O4. The van der Waals surface area contributed by atoms with Crippen molar-refractivity contribution >= 4 is 11.0 Å². The molecule has 4 heteroatoms. The molecule has 2 N–H and O–H groups in total. The number of allylic oxidation sites excluding steroid dienone is 1. The van der Waals surface area contributed by atoms with Gasteiger partial charge in [-0.15, -0.1) is 6.58 Å². The van der Waals surface area contributed by atoms with Crippen molar-refractivity contribution in [3.63, 3.8) is 0 Å². The lowest BCUT2D eigenvalue weighted by molar-refractivity contribution is 0.468. The Labute approximate surface area is 139 Å². The summed E-state index contributed by atoms with van der Waals surface area (Å²) in [5, 5.41) is 19.9. The van der Waals surface area contributed by atoms with Gasteiger partial charge in [0, 0.05) is 6.07 Å². The van der Waals surface area contributed by atoms with Gasteiger partial charge in [0.05, 0.1) is 10.9 Å². The molecule has 0 aliphatic carbocycles. The van der Waals surface area contributed by atoms with E-state index < -0.39 is 0 Å². The molecule has 1 heterocycles. The molecule has 4 nitrogen and oxygen atoms in total. The van der Waals surface area contributed by atoms with Crippen LogP contribution in [0.4, 0.5) is 0 Å². The molecule has 0 aliphatic rings. The minimum absolute atomic E-state index is 0.0464. The van der Waals surface area contributed by atoms with E-state index in [1.54, 1.807) is 24.3 Å². The Kier molecular flexibility index (Phi) is 4.13. The van der Waals surface area contributed by atoms with Crippen molar-refractivity contribution in [3.8, 4) is 22.6 Å². The van der Waals surface area contributed by atoms with Crippen molar-refractivity contribution in [1.82, 2.24) is 0 Å². The Bertz CT molecular complexity index is 983. The van der Waals surface area contributed by atoms with Gasteiger partial charge in [0.2, 0.25) is 0 Å². The standard InChI is InChI=1S/C20H18O4/c1-12(2)3-4-14-9-13(5-8-18(14)22)17-11-24-19-10-15(21)6-7-16(19)20(17)23/h5-11,21-22H,1,3-4H2,2H3. The van der Waals surface area contributed by atoms with Gasteiger partial charge in [0.1, 0.15) is 23.3 Å². The Morgan fingerprint density at radius 3 is 2.71 bits per heavy atom. The van der Waals surface area contributed by atoms with E-state index in [9.17, 15) is 15.0 Å². The molecule has 2 aromatic carbocycles. The van der Waals surface area contributed by atoms with E-state index >= 15 is 0 Å². The highest BCUT2D eigenvalue weighted by atomic mass is 16.3. The first kappa shape index (κ1) is 15.9. The van der Waals surface area contributed by atoms with Crippen LogP contribution in [-0.4, -0.2) is 10.2 Å². The van der Waals surface area contributed by atoms with Gasteiger partial charge in [-0.25, -0.2) is 0 Å². The van der Waals surface area contributed by atoms with E-state index in [1.807, 2.05) is 6.92 Å². The fourth-order valence-corrected chi connectivity index (χ4v) is 2.62. The molecule has 3 aromatic rings. The van der Waals surface area contributed by atoms with Crippen LogP contribution in [0.5, 0.6) is 11.5 Å². The van der Waals surface area contributed by atoms with Crippen LogP contribution in [0.25, 0.3) is 22.1 Å². The zero-order chi connectivity index (χ0) is 17.3. The minimum atomic E-state index is -0.173. The molecule has 1 aromatic heterocycles. The number of hydrogen-bond donors (Lipinski definition) is 2. The molecule has 0 spiro atoms. The van der Waals surface area contributed by atoms with Crippen molar-refractivity contribution < 1.29 is 14.6 Å². The summed E-state index contributed by atoms with van der Waals surface area (Å²) >= 11 is 0. The topological polar surface area (TPSA) is 70.7 Å². The Morgan fingerprint density at radius 2 is 1.96 bits per heavy atom. The number of rotatable bonds is 4. The third kappa shape index (κ3) is 3.04. The normalized spacial score (nSPS) is 10.9. The minimum Gasteiger partial charge on any atom is -0.508 e. The average molecular weight is 322 g/mol. The molecule has 0 fully saturated rings. The Morgan fingerprint density at radius 1 is 1.17 bits per heavy atom. The van der Waals surface area contributed by atoms with Crippen molar-refractivity contribution in [1.29, 1.82) is 0 Å². The van der Waals surface area contributed by atoms with Crippen molar-refractivity contribution in [3.05, 3.63) is 70.6 Å². The van der Waals surface area contributed by atoms with Crippen LogP contribution in [0.2, 0.25) is 0 Å². The largest absolute Gasteiger partial charge is 0.508 e. The fourth-order valence-electron chi connectivity index (χ4n) is 2.62. The van der Waals surface area contributed by atoms with Crippen LogP contribution in [-0.2, 0) is 6.42 Å². The van der Waals surface area contributed by atoms with E-state index in [0.717, 1.165) is 17.6 Å². The molecule has 24 heavy (non-hydrogen) atoms. The van der Waals surface area contributed by atoms with E-state index in [1.165, 1.54) is 18.4 Å². The smallest absolute Gasteiger partial charge is 0.200 e. The summed E-state index contributed by atoms with van der Waals surface area (Å²) in [7, 11) is 0. The van der Waals surface area contributed by atoms with Crippen LogP contribution in [0.15, 0.2) is 64.0 Å². The fraction of sp³-hybridized carbons (Fsp3) is 0.150. The van der Waals surface area contributed by atoms with Crippen LogP contribution < -0.4 is 5.43 Å². The van der Waals surface area contributed by atoms with E-state index in [2.05, 4.69) is 6.58 Å². The summed E-state index contributed by atoms with van der Waals surface area (Å²) in [5.74, 6) is 0.250. The van der Waals surface area contributed by atoms with Crippen molar-refractivity contribution in [2.24, 2.45) is 0 Å². The van der Waals surface area contributed by atoms with E-state index in [-0.39, 0.29) is 16.9 Å². The maximum Gasteiger partial charge on any atom is 0.200 e. The number of fused-ring (bicyclic) bond motifs is 1.